The van der Waals surface area contributed by atoms with Crippen LogP contribution in [0.5, 0.6) is 0 Å². The number of hydrogen-bond donors (Lipinski definition) is 0. The highest BCUT2D eigenvalue weighted by Crippen LogP contribution is 2.40. The molecule has 162 valence electrons. The topological polar surface area (TPSA) is 68.6 Å². The van der Waals surface area contributed by atoms with Crippen LogP contribution in [-0.2, 0) is 21.2 Å². The van der Waals surface area contributed by atoms with Crippen molar-refractivity contribution in [2.45, 2.75) is 38.1 Å². The average molecular weight is 439 g/mol. The number of allylic oxidation sites excluding steroid dienone is 1. The maximum Gasteiger partial charge on any atom is 0.410 e. The van der Waals surface area contributed by atoms with E-state index in [0.29, 0.717) is 24.2 Å². The summed E-state index contributed by atoms with van der Waals surface area (Å²) in [5.41, 5.74) is 3.17. The Morgan fingerprint density at radius 2 is 1.77 bits per heavy atom. The van der Waals surface area contributed by atoms with Crippen molar-refractivity contribution in [1.29, 1.82) is 0 Å². The van der Waals surface area contributed by atoms with Crippen LogP contribution >= 0.6 is 0 Å². The molecule has 1 aromatic heterocycles. The molecule has 3 aromatic rings. The van der Waals surface area contributed by atoms with Crippen LogP contribution in [0.2, 0.25) is 0 Å². The van der Waals surface area contributed by atoms with Gasteiger partial charge < -0.3 is 4.74 Å². The van der Waals surface area contributed by atoms with E-state index in [0.717, 1.165) is 16.5 Å². The number of carbonyl (C=O) groups is 1. The summed E-state index contributed by atoms with van der Waals surface area (Å²) >= 11 is 0. The molecule has 31 heavy (non-hydrogen) atoms. The van der Waals surface area contributed by atoms with Crippen LogP contribution in [0, 0.1) is 0 Å². The fourth-order valence-electron chi connectivity index (χ4n) is 4.23. The molecule has 0 saturated heterocycles. The molecule has 0 fully saturated rings. The highest BCUT2D eigenvalue weighted by atomic mass is 32.2. The number of rotatable bonds is 4. The number of para-hydroxylation sites is 1. The molecule has 1 aliphatic heterocycles. The van der Waals surface area contributed by atoms with Gasteiger partial charge in [-0.15, -0.1) is 0 Å². The quantitative estimate of drug-likeness (QED) is 0.543. The van der Waals surface area contributed by atoms with Crippen molar-refractivity contribution in [2.24, 2.45) is 0 Å². The van der Waals surface area contributed by atoms with Gasteiger partial charge in [-0.2, -0.15) is 0 Å². The minimum Gasteiger partial charge on any atom is -0.450 e. The zero-order valence-corrected chi connectivity index (χ0v) is 18.7. The Bertz CT molecular complexity index is 1260. The summed E-state index contributed by atoms with van der Waals surface area (Å²) in [7, 11) is -3.89. The molecule has 0 aliphatic carbocycles. The Kier molecular flexibility index (Phi) is 5.62. The van der Waals surface area contributed by atoms with Crippen molar-refractivity contribution in [3.8, 4) is 0 Å². The van der Waals surface area contributed by atoms with Crippen LogP contribution in [0.3, 0.4) is 0 Å². The van der Waals surface area contributed by atoms with Crippen molar-refractivity contribution in [3.05, 3.63) is 77.5 Å². The molecule has 2 heterocycles. The summed E-state index contributed by atoms with van der Waals surface area (Å²) in [6.07, 6.45) is 2.05. The van der Waals surface area contributed by atoms with Crippen LogP contribution in [0.1, 0.15) is 38.1 Å². The van der Waals surface area contributed by atoms with E-state index in [4.69, 9.17) is 4.74 Å². The Morgan fingerprint density at radius 3 is 2.45 bits per heavy atom. The van der Waals surface area contributed by atoms with Crippen molar-refractivity contribution in [3.63, 3.8) is 0 Å². The SMILES string of the molecule is CCOC(=O)N1CCc2c(n(S(=O)(=O)c3ccccc3)c3ccccc23)C1C=C(C)C. The molecule has 1 unspecified atom stereocenters. The highest BCUT2D eigenvalue weighted by molar-refractivity contribution is 7.90. The van der Waals surface area contributed by atoms with Crippen LogP contribution in [0.15, 0.2) is 71.1 Å². The fraction of sp³-hybridized carbons (Fsp3) is 0.292. The lowest BCUT2D eigenvalue weighted by Gasteiger charge is -2.34. The zero-order chi connectivity index (χ0) is 22.2. The van der Waals surface area contributed by atoms with E-state index in [2.05, 4.69) is 0 Å². The molecule has 0 bridgehead atoms. The molecule has 0 saturated carbocycles. The van der Waals surface area contributed by atoms with Gasteiger partial charge in [0, 0.05) is 11.9 Å². The van der Waals surface area contributed by atoms with E-state index in [1.807, 2.05) is 44.2 Å². The Morgan fingerprint density at radius 1 is 1.10 bits per heavy atom. The van der Waals surface area contributed by atoms with Gasteiger partial charge in [0.05, 0.1) is 28.8 Å². The first-order chi connectivity index (χ1) is 14.9. The van der Waals surface area contributed by atoms with Crippen LogP contribution in [0.25, 0.3) is 10.9 Å². The maximum absolute atomic E-state index is 13.8. The lowest BCUT2D eigenvalue weighted by Crippen LogP contribution is -2.41. The molecular formula is C24H26N2O4S. The van der Waals surface area contributed by atoms with E-state index in [-0.39, 0.29) is 11.5 Å². The molecular weight excluding hydrogens is 412 g/mol. The van der Waals surface area contributed by atoms with Crippen molar-refractivity contribution < 1.29 is 17.9 Å². The first-order valence-corrected chi connectivity index (χ1v) is 11.8. The molecule has 0 N–H and O–H groups in total. The van der Waals surface area contributed by atoms with Gasteiger partial charge in [-0.25, -0.2) is 17.2 Å². The second-order valence-corrected chi connectivity index (χ2v) is 9.58. The van der Waals surface area contributed by atoms with E-state index >= 15 is 0 Å². The number of fused-ring (bicyclic) bond motifs is 3. The number of benzene rings is 2. The van der Waals surface area contributed by atoms with Gasteiger partial charge in [-0.1, -0.05) is 48.0 Å². The number of ether oxygens (including phenoxy) is 1. The monoisotopic (exact) mass is 438 g/mol. The second-order valence-electron chi connectivity index (χ2n) is 7.79. The third-order valence-electron chi connectivity index (χ3n) is 5.47. The zero-order valence-electron chi connectivity index (χ0n) is 17.9. The smallest absolute Gasteiger partial charge is 0.410 e. The fourth-order valence-corrected chi connectivity index (χ4v) is 5.84. The standard InChI is InChI=1S/C24H26N2O4S/c1-4-30-24(27)25-15-14-20-19-12-8-9-13-21(19)26(23(20)22(25)16-17(2)3)31(28,29)18-10-6-5-7-11-18/h5-13,16,22H,4,14-15H2,1-3H3. The largest absolute Gasteiger partial charge is 0.450 e. The van der Waals surface area contributed by atoms with Crippen molar-refractivity contribution >= 4 is 27.0 Å². The van der Waals surface area contributed by atoms with Crippen molar-refractivity contribution in [1.82, 2.24) is 8.87 Å². The van der Waals surface area contributed by atoms with E-state index < -0.39 is 22.2 Å². The number of aromatic nitrogens is 1. The summed E-state index contributed by atoms with van der Waals surface area (Å²) in [6, 6.07) is 15.4. The Labute approximate surface area is 182 Å². The van der Waals surface area contributed by atoms with Crippen molar-refractivity contribution in [2.75, 3.05) is 13.2 Å². The number of hydrogen-bond acceptors (Lipinski definition) is 4. The lowest BCUT2D eigenvalue weighted by molar-refractivity contribution is 0.0941. The van der Waals surface area contributed by atoms with Gasteiger partial charge in [0.1, 0.15) is 0 Å². The molecule has 1 amide bonds. The molecule has 0 radical (unpaired) electrons. The molecule has 0 spiro atoms. The summed E-state index contributed by atoms with van der Waals surface area (Å²) < 4.78 is 34.4. The molecule has 7 heteroatoms. The van der Waals surface area contributed by atoms with E-state index in [1.165, 1.54) is 3.97 Å². The van der Waals surface area contributed by atoms with Gasteiger partial charge in [-0.05, 0) is 51.0 Å². The second kappa shape index (κ2) is 8.23. The first-order valence-electron chi connectivity index (χ1n) is 10.4. The summed E-state index contributed by atoms with van der Waals surface area (Å²) in [6.45, 7) is 6.36. The van der Waals surface area contributed by atoms with E-state index in [1.54, 1.807) is 42.2 Å². The minimum absolute atomic E-state index is 0.211. The van der Waals surface area contributed by atoms with Gasteiger partial charge >= 0.3 is 6.09 Å². The van der Waals surface area contributed by atoms with E-state index in [9.17, 15) is 13.2 Å². The predicted molar refractivity (Wildman–Crippen MR) is 121 cm³/mol. The van der Waals surface area contributed by atoms with Crippen LogP contribution < -0.4 is 0 Å². The summed E-state index contributed by atoms with van der Waals surface area (Å²) in [4.78, 5) is 14.6. The minimum atomic E-state index is -3.89. The van der Waals surface area contributed by atoms with Gasteiger partial charge in [0.25, 0.3) is 10.0 Å². The summed E-state index contributed by atoms with van der Waals surface area (Å²) in [5.74, 6) is 0. The number of amides is 1. The third kappa shape index (κ3) is 3.63. The van der Waals surface area contributed by atoms with Crippen LogP contribution in [0.4, 0.5) is 4.79 Å². The van der Waals surface area contributed by atoms with Gasteiger partial charge in [0.2, 0.25) is 0 Å². The first kappa shape index (κ1) is 21.2. The molecule has 6 nitrogen and oxygen atoms in total. The van der Waals surface area contributed by atoms with Gasteiger partial charge in [0.15, 0.2) is 0 Å². The maximum atomic E-state index is 13.8. The third-order valence-corrected chi connectivity index (χ3v) is 7.21. The molecule has 1 aliphatic rings. The normalized spacial score (nSPS) is 16.1. The molecule has 4 rings (SSSR count). The molecule has 1 atom stereocenters. The number of nitrogens with zero attached hydrogens (tertiary/aromatic N) is 2. The Hall–Kier alpha value is -3.06. The Balaban J connectivity index is 2.04. The van der Waals surface area contributed by atoms with Crippen LogP contribution in [-0.4, -0.2) is 36.5 Å². The molecule has 2 aromatic carbocycles. The lowest BCUT2D eigenvalue weighted by atomic mass is 9.96. The summed E-state index contributed by atoms with van der Waals surface area (Å²) in [5, 5.41) is 0.896. The predicted octanol–water partition coefficient (Wildman–Crippen LogP) is 4.90. The van der Waals surface area contributed by atoms with Gasteiger partial charge in [-0.3, -0.25) is 4.90 Å². The average Bonchev–Trinajstić information content (AvgIpc) is 3.10. The number of carbonyl (C=O) groups excluding carboxylic acids is 1. The highest BCUT2D eigenvalue weighted by Gasteiger charge is 2.38.